The summed E-state index contributed by atoms with van der Waals surface area (Å²) >= 11 is 0. The second-order valence-electron chi connectivity index (χ2n) is 4.70. The molecule has 1 aromatic rings. The van der Waals surface area contributed by atoms with E-state index in [4.69, 9.17) is 10.5 Å². The number of nitrogens with two attached hydrogens (primary N) is 1. The Balaban J connectivity index is 2.37. The minimum atomic E-state index is 0.00706. The van der Waals surface area contributed by atoms with Crippen LogP contribution in [0.1, 0.15) is 32.3 Å². The Bertz CT molecular complexity index is 404. The molecule has 19 heavy (non-hydrogen) atoms. The fourth-order valence-corrected chi connectivity index (χ4v) is 1.62. The van der Waals surface area contributed by atoms with Crippen LogP contribution < -0.4 is 15.8 Å². The van der Waals surface area contributed by atoms with Crippen molar-refractivity contribution in [2.45, 2.75) is 39.7 Å². The number of nitrogens with zero attached hydrogens (tertiary/aromatic N) is 1. The van der Waals surface area contributed by atoms with E-state index in [0.29, 0.717) is 12.5 Å². The van der Waals surface area contributed by atoms with Crippen LogP contribution in [0.3, 0.4) is 0 Å². The van der Waals surface area contributed by atoms with E-state index in [0.717, 1.165) is 30.7 Å². The van der Waals surface area contributed by atoms with E-state index in [1.807, 2.05) is 38.1 Å². The van der Waals surface area contributed by atoms with Crippen molar-refractivity contribution < 1.29 is 4.74 Å². The molecule has 0 radical (unpaired) electrons. The molecule has 1 aromatic carbocycles. The molecule has 0 bridgehead atoms. The second-order valence-corrected chi connectivity index (χ2v) is 4.70. The number of ether oxygens (including phenoxy) is 1. The first-order valence-electron chi connectivity index (χ1n) is 6.89. The number of hydrogen-bond donors (Lipinski definition) is 2. The van der Waals surface area contributed by atoms with Crippen LogP contribution in [0.4, 0.5) is 0 Å². The van der Waals surface area contributed by atoms with E-state index in [9.17, 15) is 0 Å². The fourth-order valence-electron chi connectivity index (χ4n) is 1.62. The molecule has 0 aliphatic rings. The van der Waals surface area contributed by atoms with Crippen LogP contribution in [-0.4, -0.2) is 25.2 Å². The molecule has 0 saturated carbocycles. The van der Waals surface area contributed by atoms with Crippen molar-refractivity contribution in [3.8, 4) is 5.75 Å². The molecular formula is C15H25N3O. The minimum Gasteiger partial charge on any atom is -0.489 e. The molecule has 0 aliphatic carbocycles. The normalized spacial score (nSPS) is 13.1. The van der Waals surface area contributed by atoms with E-state index in [1.54, 1.807) is 0 Å². The van der Waals surface area contributed by atoms with Gasteiger partial charge in [0, 0.05) is 6.54 Å². The second kappa shape index (κ2) is 8.40. The molecule has 0 aromatic heterocycles. The van der Waals surface area contributed by atoms with Crippen LogP contribution in [0.2, 0.25) is 0 Å². The van der Waals surface area contributed by atoms with Crippen molar-refractivity contribution in [3.05, 3.63) is 29.8 Å². The van der Waals surface area contributed by atoms with Gasteiger partial charge in [-0.3, -0.25) is 0 Å². The largest absolute Gasteiger partial charge is 0.489 e. The van der Waals surface area contributed by atoms with Gasteiger partial charge in [-0.05, 0) is 31.9 Å². The molecule has 0 amide bonds. The maximum atomic E-state index is 5.83. The summed E-state index contributed by atoms with van der Waals surface area (Å²) in [6.07, 6.45) is 2.26. The Hall–Kier alpha value is -1.71. The summed E-state index contributed by atoms with van der Waals surface area (Å²) in [6.45, 7) is 7.60. The molecule has 0 spiro atoms. The Morgan fingerprint density at radius 1 is 1.42 bits per heavy atom. The maximum absolute atomic E-state index is 5.83. The van der Waals surface area contributed by atoms with Crippen molar-refractivity contribution in [2.24, 2.45) is 10.7 Å². The smallest absolute Gasteiger partial charge is 0.188 e. The van der Waals surface area contributed by atoms with Gasteiger partial charge in [0.25, 0.3) is 0 Å². The highest BCUT2D eigenvalue weighted by molar-refractivity contribution is 5.77. The van der Waals surface area contributed by atoms with Crippen LogP contribution >= 0.6 is 0 Å². The summed E-state index contributed by atoms with van der Waals surface area (Å²) in [6, 6.07) is 7.98. The summed E-state index contributed by atoms with van der Waals surface area (Å²) in [5.41, 5.74) is 6.90. The Labute approximate surface area is 116 Å². The zero-order valence-electron chi connectivity index (χ0n) is 12.1. The molecule has 4 heteroatoms. The number of guanidine groups is 1. The van der Waals surface area contributed by atoms with Crippen LogP contribution in [0, 0.1) is 6.92 Å². The van der Waals surface area contributed by atoms with Gasteiger partial charge in [-0.1, -0.05) is 31.5 Å². The Morgan fingerprint density at radius 3 is 2.84 bits per heavy atom. The first-order valence-corrected chi connectivity index (χ1v) is 6.89. The van der Waals surface area contributed by atoms with Crippen LogP contribution in [0.15, 0.2) is 29.3 Å². The van der Waals surface area contributed by atoms with Gasteiger partial charge in [0.05, 0.1) is 6.54 Å². The summed E-state index contributed by atoms with van der Waals surface area (Å²) in [5.74, 6) is 1.40. The molecule has 3 N–H and O–H groups in total. The van der Waals surface area contributed by atoms with Gasteiger partial charge < -0.3 is 15.8 Å². The highest BCUT2D eigenvalue weighted by Crippen LogP contribution is 2.17. The molecule has 0 fully saturated rings. The molecule has 0 saturated heterocycles. The van der Waals surface area contributed by atoms with Gasteiger partial charge in [-0.25, -0.2) is 4.99 Å². The van der Waals surface area contributed by atoms with Crippen LogP contribution in [0.25, 0.3) is 0 Å². The van der Waals surface area contributed by atoms with Gasteiger partial charge >= 0.3 is 0 Å². The van der Waals surface area contributed by atoms with E-state index in [1.165, 1.54) is 0 Å². The third kappa shape index (κ3) is 6.13. The van der Waals surface area contributed by atoms with E-state index in [2.05, 4.69) is 17.2 Å². The number of nitrogens with one attached hydrogen (secondary N) is 1. The monoisotopic (exact) mass is 263 g/mol. The quantitative estimate of drug-likeness (QED) is 0.451. The standard InChI is InChI=1S/C15H25N3O/c1-4-5-10-17-15(16)18-11-13(3)19-14-9-7-6-8-12(14)2/h6-9,13H,4-5,10-11H2,1-3H3,(H3,16,17,18). The third-order valence-corrected chi connectivity index (χ3v) is 2.78. The van der Waals surface area contributed by atoms with Crippen LogP contribution in [-0.2, 0) is 0 Å². The zero-order valence-corrected chi connectivity index (χ0v) is 12.1. The summed E-state index contributed by atoms with van der Waals surface area (Å²) in [7, 11) is 0. The van der Waals surface area contributed by atoms with Crippen molar-refractivity contribution in [1.29, 1.82) is 0 Å². The van der Waals surface area contributed by atoms with Gasteiger partial charge in [0.1, 0.15) is 11.9 Å². The Kier molecular flexibility index (Phi) is 6.79. The van der Waals surface area contributed by atoms with Gasteiger partial charge in [-0.2, -0.15) is 0 Å². The predicted octanol–water partition coefficient (Wildman–Crippen LogP) is 2.47. The average molecular weight is 263 g/mol. The number of hydrogen-bond acceptors (Lipinski definition) is 2. The molecule has 0 heterocycles. The maximum Gasteiger partial charge on any atom is 0.188 e. The number of rotatable bonds is 7. The SMILES string of the molecule is CCCCNC(N)=NCC(C)Oc1ccccc1C. The molecule has 106 valence electrons. The lowest BCUT2D eigenvalue weighted by Crippen LogP contribution is -2.33. The number of benzene rings is 1. The third-order valence-electron chi connectivity index (χ3n) is 2.78. The highest BCUT2D eigenvalue weighted by Gasteiger charge is 2.05. The minimum absolute atomic E-state index is 0.00706. The lowest BCUT2D eigenvalue weighted by Gasteiger charge is -2.15. The summed E-state index contributed by atoms with van der Waals surface area (Å²) in [5, 5.41) is 3.09. The van der Waals surface area contributed by atoms with Gasteiger partial charge in [-0.15, -0.1) is 0 Å². The molecule has 0 aliphatic heterocycles. The van der Waals surface area contributed by atoms with Crippen molar-refractivity contribution in [2.75, 3.05) is 13.1 Å². The van der Waals surface area contributed by atoms with Crippen LogP contribution in [0.5, 0.6) is 5.75 Å². The molecule has 1 unspecified atom stereocenters. The first-order chi connectivity index (χ1) is 9.13. The molecule has 1 atom stereocenters. The van der Waals surface area contributed by atoms with Gasteiger partial charge in [0.2, 0.25) is 0 Å². The molecular weight excluding hydrogens is 238 g/mol. The van der Waals surface area contributed by atoms with E-state index < -0.39 is 0 Å². The lowest BCUT2D eigenvalue weighted by molar-refractivity contribution is 0.229. The fraction of sp³-hybridized carbons (Fsp3) is 0.533. The van der Waals surface area contributed by atoms with Crippen molar-refractivity contribution >= 4 is 5.96 Å². The predicted molar refractivity (Wildman–Crippen MR) is 80.7 cm³/mol. The Morgan fingerprint density at radius 2 is 2.16 bits per heavy atom. The number of unbranched alkanes of at least 4 members (excludes halogenated alkanes) is 1. The summed E-state index contributed by atoms with van der Waals surface area (Å²) in [4.78, 5) is 4.28. The topological polar surface area (TPSA) is 59.6 Å². The van der Waals surface area contributed by atoms with Crippen molar-refractivity contribution in [3.63, 3.8) is 0 Å². The summed E-state index contributed by atoms with van der Waals surface area (Å²) < 4.78 is 5.83. The van der Waals surface area contributed by atoms with Gasteiger partial charge in [0.15, 0.2) is 5.96 Å². The van der Waals surface area contributed by atoms with E-state index in [-0.39, 0.29) is 6.10 Å². The molecule has 1 rings (SSSR count). The number of para-hydroxylation sites is 1. The average Bonchev–Trinajstić information content (AvgIpc) is 2.39. The highest BCUT2D eigenvalue weighted by atomic mass is 16.5. The number of aliphatic imine (C=N–C) groups is 1. The number of aryl methyl sites for hydroxylation is 1. The van der Waals surface area contributed by atoms with Crippen molar-refractivity contribution in [1.82, 2.24) is 5.32 Å². The van der Waals surface area contributed by atoms with E-state index >= 15 is 0 Å². The lowest BCUT2D eigenvalue weighted by atomic mass is 10.2. The first kappa shape index (κ1) is 15.3. The zero-order chi connectivity index (χ0) is 14.1. The molecule has 4 nitrogen and oxygen atoms in total.